The van der Waals surface area contributed by atoms with E-state index in [2.05, 4.69) is 58.1 Å². The summed E-state index contributed by atoms with van der Waals surface area (Å²) in [6, 6.07) is 0. The monoisotopic (exact) mass is 514 g/mol. The Morgan fingerprint density at radius 2 is 1.18 bits per heavy atom. The van der Waals surface area contributed by atoms with Crippen molar-refractivity contribution in [2.75, 3.05) is 0 Å². The zero-order valence-electron chi connectivity index (χ0n) is 25.6. The smallest absolute Gasteiger partial charge is 0.00506 e. The van der Waals surface area contributed by atoms with Crippen LogP contribution in [0.25, 0.3) is 0 Å². The second-order valence-electron chi connectivity index (χ2n) is 14.6. The van der Waals surface area contributed by atoms with Crippen LogP contribution in [0.2, 0.25) is 0 Å². The molecule has 0 N–H and O–H groups in total. The van der Waals surface area contributed by atoms with Gasteiger partial charge < -0.3 is 0 Å². The first-order valence-corrected chi connectivity index (χ1v) is 16.8. The molecule has 0 heteroatoms. The Bertz CT molecular complexity index is 924. The zero-order chi connectivity index (χ0) is 26.6. The van der Waals surface area contributed by atoms with Gasteiger partial charge in [-0.1, -0.05) is 91.9 Å². The van der Waals surface area contributed by atoms with E-state index >= 15 is 0 Å². The lowest BCUT2D eigenvalue weighted by Crippen LogP contribution is -2.31. The van der Waals surface area contributed by atoms with Crippen molar-refractivity contribution in [2.45, 2.75) is 150 Å². The maximum atomic E-state index is 2.57. The Kier molecular flexibility index (Phi) is 9.27. The van der Waals surface area contributed by atoms with Crippen LogP contribution in [0, 0.1) is 28.6 Å². The topological polar surface area (TPSA) is 0 Å². The van der Waals surface area contributed by atoms with E-state index in [4.69, 9.17) is 0 Å². The molecule has 0 saturated heterocycles. The maximum absolute atomic E-state index is 2.57. The third-order valence-electron chi connectivity index (χ3n) is 12.4. The van der Waals surface area contributed by atoms with Gasteiger partial charge in [-0.05, 0) is 145 Å². The molecule has 0 aromatic heterocycles. The summed E-state index contributed by atoms with van der Waals surface area (Å²) in [7, 11) is 0. The van der Waals surface area contributed by atoms with Gasteiger partial charge in [0.1, 0.15) is 0 Å². The lowest BCUT2D eigenvalue weighted by atomic mass is 9.64. The van der Waals surface area contributed by atoms with Crippen molar-refractivity contribution in [1.82, 2.24) is 0 Å². The van der Waals surface area contributed by atoms with Crippen LogP contribution in [-0.4, -0.2) is 0 Å². The van der Waals surface area contributed by atoms with Crippen LogP contribution in [0.1, 0.15) is 150 Å². The van der Waals surface area contributed by atoms with Crippen molar-refractivity contribution in [3.63, 3.8) is 0 Å². The Morgan fingerprint density at radius 3 is 1.79 bits per heavy atom. The SMILES string of the molecule is CC1=CCC2/C(=C/C=C3CCCCC3)CCC[C@]12C.CC1CCC2/C(=C/C=C3CCCCC3)CCC[C@]12C. The van der Waals surface area contributed by atoms with Crippen molar-refractivity contribution in [3.8, 4) is 0 Å². The minimum absolute atomic E-state index is 0.481. The van der Waals surface area contributed by atoms with Gasteiger partial charge in [-0.3, -0.25) is 0 Å². The van der Waals surface area contributed by atoms with Crippen molar-refractivity contribution < 1.29 is 0 Å². The lowest BCUT2D eigenvalue weighted by Gasteiger charge is -2.41. The summed E-state index contributed by atoms with van der Waals surface area (Å²) in [4.78, 5) is 0. The Morgan fingerprint density at radius 1 is 0.632 bits per heavy atom. The van der Waals surface area contributed by atoms with Crippen LogP contribution in [0.5, 0.6) is 0 Å². The average Bonchev–Trinajstić information content (AvgIpc) is 3.43. The highest BCUT2D eigenvalue weighted by Gasteiger charge is 2.47. The van der Waals surface area contributed by atoms with Gasteiger partial charge >= 0.3 is 0 Å². The molecule has 0 aromatic rings. The Labute approximate surface area is 236 Å². The molecule has 6 aliphatic carbocycles. The molecule has 5 saturated carbocycles. The van der Waals surface area contributed by atoms with Gasteiger partial charge in [-0.15, -0.1) is 0 Å². The third-order valence-corrected chi connectivity index (χ3v) is 12.4. The van der Waals surface area contributed by atoms with Gasteiger partial charge in [-0.2, -0.15) is 0 Å². The fourth-order valence-electron chi connectivity index (χ4n) is 9.32. The van der Waals surface area contributed by atoms with Gasteiger partial charge in [0.05, 0.1) is 0 Å². The predicted molar refractivity (Wildman–Crippen MR) is 166 cm³/mol. The van der Waals surface area contributed by atoms with E-state index in [0.717, 1.165) is 17.8 Å². The summed E-state index contributed by atoms with van der Waals surface area (Å²) in [6.07, 6.45) is 39.1. The quantitative estimate of drug-likeness (QED) is 0.321. The standard InChI is InChI=1S/C19H30.C19H28/c2*1-15-10-13-18-17(9-6-14-19(15,18)2)12-11-16-7-4-3-5-8-16/h11-12,15,18H,3-10,13-14H2,1-2H3;10-12,18H,3-9,13-14H2,1-2H3/b2*17-12+/t15?,18?,19-;18?,19-/m11/s1. The Balaban J connectivity index is 0.000000155. The van der Waals surface area contributed by atoms with E-state index in [9.17, 15) is 0 Å². The van der Waals surface area contributed by atoms with Crippen LogP contribution >= 0.6 is 0 Å². The normalized spacial score (nSPS) is 39.3. The van der Waals surface area contributed by atoms with E-state index in [-0.39, 0.29) is 0 Å². The van der Waals surface area contributed by atoms with Gasteiger partial charge in [-0.25, -0.2) is 0 Å². The Hall–Kier alpha value is -1.30. The van der Waals surface area contributed by atoms with Crippen LogP contribution in [-0.2, 0) is 0 Å². The summed E-state index contributed by atoms with van der Waals surface area (Å²) in [5, 5.41) is 0. The molecular weight excluding hydrogens is 456 g/mol. The molecule has 3 unspecified atom stereocenters. The minimum Gasteiger partial charge on any atom is -0.0844 e. The van der Waals surface area contributed by atoms with Gasteiger partial charge in [0.15, 0.2) is 0 Å². The van der Waals surface area contributed by atoms with Crippen molar-refractivity contribution in [2.24, 2.45) is 28.6 Å². The van der Waals surface area contributed by atoms with E-state index in [0.29, 0.717) is 10.8 Å². The van der Waals surface area contributed by atoms with E-state index in [1.54, 1.807) is 27.9 Å². The lowest BCUT2D eigenvalue weighted by molar-refractivity contribution is 0.147. The van der Waals surface area contributed by atoms with E-state index in [1.807, 2.05) is 0 Å². The highest BCUT2D eigenvalue weighted by molar-refractivity contribution is 5.32. The summed E-state index contributed by atoms with van der Waals surface area (Å²) >= 11 is 0. The summed E-state index contributed by atoms with van der Waals surface area (Å²) in [5.74, 6) is 2.64. The molecule has 5 fully saturated rings. The van der Waals surface area contributed by atoms with Gasteiger partial charge in [0.25, 0.3) is 0 Å². The summed E-state index contributed by atoms with van der Waals surface area (Å²) in [5.41, 5.74) is 9.69. The predicted octanol–water partition coefficient (Wildman–Crippen LogP) is 12.0. The molecule has 0 spiro atoms. The van der Waals surface area contributed by atoms with Gasteiger partial charge in [0.2, 0.25) is 0 Å². The number of allylic oxidation sites excluding steroid dienone is 10. The number of hydrogen-bond donors (Lipinski definition) is 0. The molecule has 0 bridgehead atoms. The summed E-state index contributed by atoms with van der Waals surface area (Å²) < 4.78 is 0. The van der Waals surface area contributed by atoms with Crippen LogP contribution in [0.4, 0.5) is 0 Å². The van der Waals surface area contributed by atoms with E-state index in [1.165, 1.54) is 122 Å². The molecule has 0 radical (unpaired) electrons. The highest BCUT2D eigenvalue weighted by atomic mass is 14.5. The maximum Gasteiger partial charge on any atom is -0.00506 e. The molecule has 0 aromatic carbocycles. The molecule has 6 rings (SSSR count). The average molecular weight is 515 g/mol. The molecule has 0 amide bonds. The first-order chi connectivity index (χ1) is 18.4. The molecule has 0 aliphatic heterocycles. The van der Waals surface area contributed by atoms with Crippen LogP contribution in [0.15, 0.2) is 58.2 Å². The number of fused-ring (bicyclic) bond motifs is 2. The highest BCUT2D eigenvalue weighted by Crippen LogP contribution is 2.57. The van der Waals surface area contributed by atoms with Crippen LogP contribution in [0.3, 0.4) is 0 Å². The second-order valence-corrected chi connectivity index (χ2v) is 14.6. The third kappa shape index (κ3) is 6.05. The van der Waals surface area contributed by atoms with Gasteiger partial charge in [0, 0.05) is 0 Å². The minimum atomic E-state index is 0.481. The molecule has 6 aliphatic rings. The van der Waals surface area contributed by atoms with Crippen molar-refractivity contribution in [3.05, 3.63) is 58.2 Å². The zero-order valence-corrected chi connectivity index (χ0v) is 25.6. The molecular formula is C38H58. The van der Waals surface area contributed by atoms with E-state index < -0.39 is 0 Å². The molecule has 5 atom stereocenters. The number of hydrogen-bond acceptors (Lipinski definition) is 0. The van der Waals surface area contributed by atoms with Crippen molar-refractivity contribution >= 4 is 0 Å². The fraction of sp³-hybridized carbons (Fsp3) is 0.737. The molecule has 0 heterocycles. The van der Waals surface area contributed by atoms with Crippen molar-refractivity contribution in [1.29, 1.82) is 0 Å². The largest absolute Gasteiger partial charge is 0.0844 e. The fourth-order valence-corrected chi connectivity index (χ4v) is 9.32. The molecule has 0 nitrogen and oxygen atoms in total. The second kappa shape index (κ2) is 12.5. The van der Waals surface area contributed by atoms with Crippen LogP contribution < -0.4 is 0 Å². The molecule has 210 valence electrons. The first kappa shape index (κ1) is 28.2. The number of rotatable bonds is 2. The molecule has 38 heavy (non-hydrogen) atoms. The summed E-state index contributed by atoms with van der Waals surface area (Å²) in [6.45, 7) is 9.90. The first-order valence-electron chi connectivity index (χ1n) is 16.8.